The first kappa shape index (κ1) is 16.9. The predicted molar refractivity (Wildman–Crippen MR) is 111 cm³/mol. The van der Waals surface area contributed by atoms with Crippen molar-refractivity contribution in [1.29, 1.82) is 0 Å². The van der Waals surface area contributed by atoms with Gasteiger partial charge >= 0.3 is 0 Å². The van der Waals surface area contributed by atoms with E-state index in [1.807, 2.05) is 18.5 Å². The van der Waals surface area contributed by atoms with Crippen molar-refractivity contribution >= 4 is 27.5 Å². The van der Waals surface area contributed by atoms with Gasteiger partial charge in [0.25, 0.3) is 0 Å². The van der Waals surface area contributed by atoms with Crippen LogP contribution in [-0.2, 0) is 0 Å². The molecule has 0 saturated carbocycles. The van der Waals surface area contributed by atoms with Crippen LogP contribution in [0.5, 0.6) is 5.88 Å². The molecule has 0 unspecified atom stereocenters. The number of benzene rings is 1. The molecule has 4 aromatic rings. The molecule has 0 spiro atoms. The highest BCUT2D eigenvalue weighted by atomic mass is 16.5. The van der Waals surface area contributed by atoms with E-state index in [2.05, 4.69) is 56.2 Å². The summed E-state index contributed by atoms with van der Waals surface area (Å²) < 4.78 is 5.41. The number of ether oxygens (including phenoxy) is 1. The Kier molecular flexibility index (Phi) is 4.06. The van der Waals surface area contributed by atoms with Gasteiger partial charge in [0.2, 0.25) is 5.88 Å². The molecule has 0 radical (unpaired) electrons. The summed E-state index contributed by atoms with van der Waals surface area (Å²) in [5.74, 6) is 0.585. The van der Waals surface area contributed by atoms with Crippen molar-refractivity contribution < 1.29 is 4.74 Å². The van der Waals surface area contributed by atoms with Crippen LogP contribution < -0.4 is 4.74 Å². The summed E-state index contributed by atoms with van der Waals surface area (Å²) in [4.78, 5) is 18.8. The van der Waals surface area contributed by atoms with Gasteiger partial charge in [0.15, 0.2) is 0 Å². The third-order valence-corrected chi connectivity index (χ3v) is 5.42. The molecule has 6 nitrogen and oxygen atoms in total. The first-order chi connectivity index (χ1) is 13.7. The lowest BCUT2D eigenvalue weighted by molar-refractivity contribution is 0.370. The summed E-state index contributed by atoms with van der Waals surface area (Å²) in [6.07, 6.45) is 8.86. The number of nitrogens with zero attached hydrogens (tertiary/aromatic N) is 4. The molecule has 5 rings (SSSR count). The lowest BCUT2D eigenvalue weighted by Crippen LogP contribution is -2.23. The second-order valence-electron chi connectivity index (χ2n) is 7.18. The Morgan fingerprint density at radius 2 is 1.96 bits per heavy atom. The molecule has 28 heavy (non-hydrogen) atoms. The molecule has 0 atom stereocenters. The molecule has 1 N–H and O–H groups in total. The average Bonchev–Trinajstić information content (AvgIpc) is 3.16. The van der Waals surface area contributed by atoms with Crippen molar-refractivity contribution in [3.05, 3.63) is 54.6 Å². The van der Waals surface area contributed by atoms with E-state index in [0.29, 0.717) is 5.88 Å². The largest absolute Gasteiger partial charge is 0.480 e. The molecule has 1 aliphatic rings. The summed E-state index contributed by atoms with van der Waals surface area (Å²) in [5, 5.41) is 2.02. The third kappa shape index (κ3) is 2.82. The van der Waals surface area contributed by atoms with Crippen LogP contribution in [0.15, 0.2) is 49.1 Å². The van der Waals surface area contributed by atoms with Crippen LogP contribution in [0.2, 0.25) is 0 Å². The molecule has 0 aliphatic carbocycles. The van der Waals surface area contributed by atoms with Gasteiger partial charge in [-0.2, -0.15) is 0 Å². The minimum atomic E-state index is 0.585. The molecule has 0 amide bonds. The van der Waals surface area contributed by atoms with Crippen LogP contribution in [0.4, 0.5) is 0 Å². The number of hydrogen-bond donors (Lipinski definition) is 1. The van der Waals surface area contributed by atoms with Crippen molar-refractivity contribution in [1.82, 2.24) is 24.8 Å². The first-order valence-corrected chi connectivity index (χ1v) is 9.37. The molecule has 140 valence electrons. The normalized spacial score (nSPS) is 15.1. The maximum absolute atomic E-state index is 5.41. The fourth-order valence-electron chi connectivity index (χ4n) is 3.81. The Balaban J connectivity index is 1.63. The highest BCUT2D eigenvalue weighted by molar-refractivity contribution is 5.98. The van der Waals surface area contributed by atoms with Crippen molar-refractivity contribution in [3.63, 3.8) is 0 Å². The lowest BCUT2D eigenvalue weighted by atomic mass is 9.98. The number of fused-ring (bicyclic) bond motifs is 2. The zero-order valence-corrected chi connectivity index (χ0v) is 15.9. The van der Waals surface area contributed by atoms with E-state index in [4.69, 9.17) is 4.74 Å². The number of pyridine rings is 1. The van der Waals surface area contributed by atoms with Crippen molar-refractivity contribution in [3.8, 4) is 17.0 Å². The Morgan fingerprint density at radius 1 is 1.07 bits per heavy atom. The van der Waals surface area contributed by atoms with Gasteiger partial charge in [-0.05, 0) is 48.4 Å². The van der Waals surface area contributed by atoms with E-state index >= 15 is 0 Å². The van der Waals surface area contributed by atoms with Gasteiger partial charge < -0.3 is 14.6 Å². The fraction of sp³-hybridized carbons (Fsp3) is 0.227. The van der Waals surface area contributed by atoms with E-state index in [1.165, 1.54) is 17.5 Å². The molecule has 4 heterocycles. The number of likely N-dealkylation sites (N-methyl/N-ethyl adjacent to an activating group) is 1. The van der Waals surface area contributed by atoms with E-state index in [9.17, 15) is 0 Å². The average molecular weight is 371 g/mol. The Labute approximate surface area is 162 Å². The highest BCUT2D eigenvalue weighted by Gasteiger charge is 2.14. The van der Waals surface area contributed by atoms with E-state index < -0.39 is 0 Å². The molecular weight excluding hydrogens is 350 g/mol. The summed E-state index contributed by atoms with van der Waals surface area (Å²) in [6.45, 7) is 2.06. The molecule has 1 aliphatic heterocycles. The van der Waals surface area contributed by atoms with Crippen LogP contribution in [0.25, 0.3) is 38.6 Å². The summed E-state index contributed by atoms with van der Waals surface area (Å²) in [6, 6.07) is 8.41. The first-order valence-electron chi connectivity index (χ1n) is 9.37. The molecule has 0 saturated heterocycles. The smallest absolute Gasteiger partial charge is 0.224 e. The topological polar surface area (TPSA) is 66.9 Å². The monoisotopic (exact) mass is 371 g/mol. The number of nitrogens with one attached hydrogen (secondary N) is 1. The SMILES string of the molecule is COc1ncnc2ccc(-c3c[nH]c4ncc(C5=CCN(C)CC5)cc34)cc12. The van der Waals surface area contributed by atoms with Crippen LogP contribution in [0.3, 0.4) is 0 Å². The van der Waals surface area contributed by atoms with Crippen molar-refractivity contribution in [2.75, 3.05) is 27.2 Å². The van der Waals surface area contributed by atoms with Gasteiger partial charge in [-0.1, -0.05) is 12.1 Å². The quantitative estimate of drug-likeness (QED) is 0.592. The molecule has 6 heteroatoms. The van der Waals surface area contributed by atoms with Crippen LogP contribution in [0.1, 0.15) is 12.0 Å². The number of aromatic nitrogens is 4. The number of rotatable bonds is 3. The zero-order chi connectivity index (χ0) is 19.1. The Morgan fingerprint density at radius 3 is 2.79 bits per heavy atom. The number of H-pyrrole nitrogens is 1. The van der Waals surface area contributed by atoms with E-state index in [0.717, 1.165) is 52.6 Å². The fourth-order valence-corrected chi connectivity index (χ4v) is 3.81. The summed E-state index contributed by atoms with van der Waals surface area (Å²) in [5.41, 5.74) is 6.53. The minimum absolute atomic E-state index is 0.585. The van der Waals surface area contributed by atoms with Gasteiger partial charge in [-0.3, -0.25) is 0 Å². The van der Waals surface area contributed by atoms with Crippen molar-refractivity contribution in [2.24, 2.45) is 0 Å². The zero-order valence-electron chi connectivity index (χ0n) is 15.9. The van der Waals surface area contributed by atoms with Gasteiger partial charge in [0.05, 0.1) is 18.0 Å². The van der Waals surface area contributed by atoms with Gasteiger partial charge in [-0.15, -0.1) is 0 Å². The third-order valence-electron chi connectivity index (χ3n) is 5.42. The second kappa shape index (κ2) is 6.73. The van der Waals surface area contributed by atoms with Gasteiger partial charge in [0.1, 0.15) is 12.0 Å². The number of methoxy groups -OCH3 is 1. The Hall–Kier alpha value is -3.25. The number of hydrogen-bond acceptors (Lipinski definition) is 5. The summed E-state index contributed by atoms with van der Waals surface area (Å²) >= 11 is 0. The highest BCUT2D eigenvalue weighted by Crippen LogP contribution is 2.33. The molecular formula is C22H21N5O. The summed E-state index contributed by atoms with van der Waals surface area (Å²) in [7, 11) is 3.78. The van der Waals surface area contributed by atoms with Crippen molar-refractivity contribution in [2.45, 2.75) is 6.42 Å². The predicted octanol–water partition coefficient (Wildman–Crippen LogP) is 3.90. The minimum Gasteiger partial charge on any atom is -0.480 e. The maximum atomic E-state index is 5.41. The molecule has 0 bridgehead atoms. The van der Waals surface area contributed by atoms with Gasteiger partial charge in [-0.25, -0.2) is 15.0 Å². The second-order valence-corrected chi connectivity index (χ2v) is 7.18. The molecule has 0 fully saturated rings. The van der Waals surface area contributed by atoms with E-state index in [1.54, 1.807) is 7.11 Å². The number of aromatic amines is 1. The lowest BCUT2D eigenvalue weighted by Gasteiger charge is -2.22. The van der Waals surface area contributed by atoms with E-state index in [-0.39, 0.29) is 0 Å². The molecule has 1 aromatic carbocycles. The standard InChI is InChI=1S/C22H21N5O/c1-27-7-5-14(6-8-27)16-10-17-19(12-24-21(17)23-11-16)15-3-4-20-18(9-15)22(28-2)26-13-25-20/h3-5,9-13H,6-8H2,1-2H3,(H,23,24). The maximum Gasteiger partial charge on any atom is 0.224 e. The Bertz CT molecular complexity index is 1210. The van der Waals surface area contributed by atoms with Gasteiger partial charge in [0, 0.05) is 36.4 Å². The van der Waals surface area contributed by atoms with Crippen LogP contribution in [-0.4, -0.2) is 52.1 Å². The molecule has 3 aromatic heterocycles. The van der Waals surface area contributed by atoms with Crippen LogP contribution in [0, 0.1) is 0 Å². The van der Waals surface area contributed by atoms with Crippen LogP contribution >= 0.6 is 0 Å².